The molecular formula is C20H17ClN4OS. The van der Waals surface area contributed by atoms with Crippen molar-refractivity contribution in [3.63, 3.8) is 0 Å². The van der Waals surface area contributed by atoms with E-state index in [0.717, 1.165) is 29.9 Å². The smallest absolute Gasteiger partial charge is 0.258 e. The highest BCUT2D eigenvalue weighted by atomic mass is 35.5. The van der Waals surface area contributed by atoms with Crippen molar-refractivity contribution >= 4 is 44.1 Å². The molecule has 7 heteroatoms. The van der Waals surface area contributed by atoms with Crippen molar-refractivity contribution < 1.29 is 0 Å². The van der Waals surface area contributed by atoms with Gasteiger partial charge in [0.15, 0.2) is 0 Å². The summed E-state index contributed by atoms with van der Waals surface area (Å²) in [5, 5.41) is 2.21. The molecule has 1 atom stereocenters. The van der Waals surface area contributed by atoms with Crippen LogP contribution in [0.4, 0.5) is 0 Å². The van der Waals surface area contributed by atoms with Crippen molar-refractivity contribution in [1.29, 1.82) is 0 Å². The van der Waals surface area contributed by atoms with Crippen LogP contribution in [-0.4, -0.2) is 26.4 Å². The number of halogens is 1. The molecule has 3 heterocycles. The minimum Gasteiger partial charge on any atom is -0.309 e. The topological polar surface area (TPSA) is 61.9 Å². The third-order valence-electron chi connectivity index (χ3n) is 5.03. The Balaban J connectivity index is 1.46. The average Bonchev–Trinajstić information content (AvgIpc) is 3.28. The quantitative estimate of drug-likeness (QED) is 0.553. The van der Waals surface area contributed by atoms with Crippen LogP contribution in [0.25, 0.3) is 21.1 Å². The number of nitrogens with zero attached hydrogens (tertiary/aromatic N) is 3. The molecule has 0 amide bonds. The van der Waals surface area contributed by atoms with Gasteiger partial charge in [-0.05, 0) is 49.7 Å². The summed E-state index contributed by atoms with van der Waals surface area (Å²) in [5.41, 5.74) is 1.58. The summed E-state index contributed by atoms with van der Waals surface area (Å²) in [6.45, 7) is 1.58. The molecule has 5 nitrogen and oxygen atoms in total. The van der Waals surface area contributed by atoms with Crippen molar-refractivity contribution in [2.75, 3.05) is 6.54 Å². The van der Waals surface area contributed by atoms with Gasteiger partial charge in [-0.15, -0.1) is 11.3 Å². The number of fused-ring (bicyclic) bond motifs is 2. The number of thiazole rings is 1. The molecule has 2 aromatic heterocycles. The summed E-state index contributed by atoms with van der Waals surface area (Å²) in [5.74, 6) is 0.683. The lowest BCUT2D eigenvalue weighted by molar-refractivity contribution is 0.242. The van der Waals surface area contributed by atoms with Crippen LogP contribution in [0.1, 0.15) is 29.7 Å². The number of nitrogens with one attached hydrogen (secondary N) is 1. The van der Waals surface area contributed by atoms with E-state index < -0.39 is 0 Å². The van der Waals surface area contributed by atoms with E-state index in [0.29, 0.717) is 28.3 Å². The van der Waals surface area contributed by atoms with Crippen molar-refractivity contribution in [3.8, 4) is 0 Å². The predicted octanol–water partition coefficient (Wildman–Crippen LogP) is 4.52. The van der Waals surface area contributed by atoms with E-state index in [9.17, 15) is 4.79 Å². The van der Waals surface area contributed by atoms with Crippen LogP contribution in [-0.2, 0) is 6.54 Å². The molecule has 0 radical (unpaired) electrons. The van der Waals surface area contributed by atoms with E-state index in [4.69, 9.17) is 16.6 Å². The maximum Gasteiger partial charge on any atom is 0.258 e. The van der Waals surface area contributed by atoms with Gasteiger partial charge in [-0.1, -0.05) is 23.7 Å². The zero-order chi connectivity index (χ0) is 18.4. The maximum atomic E-state index is 12.4. The van der Waals surface area contributed by atoms with Gasteiger partial charge < -0.3 is 4.98 Å². The summed E-state index contributed by atoms with van der Waals surface area (Å²) in [7, 11) is 0. The Labute approximate surface area is 164 Å². The Hall–Kier alpha value is -2.28. The van der Waals surface area contributed by atoms with Crippen LogP contribution in [0.2, 0.25) is 5.02 Å². The lowest BCUT2D eigenvalue weighted by Gasteiger charge is -2.22. The minimum absolute atomic E-state index is 0.145. The SMILES string of the molecule is O=c1[nH]c(CN2CCCC2c2nc3ccccc3s2)nc2ccc(Cl)cc12. The molecule has 1 unspecified atom stereocenters. The Morgan fingerprint density at radius 1 is 1.19 bits per heavy atom. The van der Waals surface area contributed by atoms with Gasteiger partial charge in [0.2, 0.25) is 0 Å². The summed E-state index contributed by atoms with van der Waals surface area (Å²) in [6.07, 6.45) is 2.20. The molecule has 1 N–H and O–H groups in total. The largest absolute Gasteiger partial charge is 0.309 e. The van der Waals surface area contributed by atoms with Crippen LogP contribution in [0.3, 0.4) is 0 Å². The number of aromatic amines is 1. The molecule has 0 saturated carbocycles. The van der Waals surface area contributed by atoms with Gasteiger partial charge in [-0.2, -0.15) is 0 Å². The predicted molar refractivity (Wildman–Crippen MR) is 109 cm³/mol. The number of aromatic nitrogens is 3. The second-order valence-electron chi connectivity index (χ2n) is 6.82. The van der Waals surface area contributed by atoms with Gasteiger partial charge in [-0.3, -0.25) is 9.69 Å². The standard InChI is InChI=1S/C20H17ClN4OS/c21-12-7-8-14-13(10-12)19(26)24-18(22-14)11-25-9-3-5-16(25)20-23-15-4-1-2-6-17(15)27-20/h1-2,4,6-8,10,16H,3,5,9,11H2,(H,22,24,26). The normalized spacial score (nSPS) is 17.9. The molecule has 27 heavy (non-hydrogen) atoms. The number of benzene rings is 2. The second-order valence-corrected chi connectivity index (χ2v) is 8.32. The Bertz CT molecular complexity index is 1170. The molecule has 0 aliphatic carbocycles. The molecule has 0 spiro atoms. The van der Waals surface area contributed by atoms with Crippen molar-refractivity contribution in [2.24, 2.45) is 0 Å². The summed E-state index contributed by atoms with van der Waals surface area (Å²) >= 11 is 7.75. The first kappa shape index (κ1) is 16.9. The van der Waals surface area contributed by atoms with E-state index in [-0.39, 0.29) is 11.6 Å². The molecule has 1 saturated heterocycles. The van der Waals surface area contributed by atoms with Gasteiger partial charge in [-0.25, -0.2) is 9.97 Å². The lowest BCUT2D eigenvalue weighted by Crippen LogP contribution is -2.25. The van der Waals surface area contributed by atoms with Crippen molar-refractivity contribution in [2.45, 2.75) is 25.4 Å². The molecule has 1 aliphatic rings. The van der Waals surface area contributed by atoms with E-state index in [1.807, 2.05) is 12.1 Å². The fraction of sp³-hybridized carbons (Fsp3) is 0.250. The summed E-state index contributed by atoms with van der Waals surface area (Å²) < 4.78 is 1.22. The van der Waals surface area contributed by atoms with Crippen molar-refractivity contribution in [1.82, 2.24) is 19.9 Å². The highest BCUT2D eigenvalue weighted by Gasteiger charge is 2.29. The lowest BCUT2D eigenvalue weighted by atomic mass is 10.2. The molecule has 0 bridgehead atoms. The third-order valence-corrected chi connectivity index (χ3v) is 6.40. The van der Waals surface area contributed by atoms with Crippen LogP contribution < -0.4 is 5.56 Å². The highest BCUT2D eigenvalue weighted by molar-refractivity contribution is 7.18. The molecule has 5 rings (SSSR count). The molecule has 2 aromatic carbocycles. The zero-order valence-electron chi connectivity index (χ0n) is 14.5. The first-order chi connectivity index (χ1) is 13.2. The number of H-pyrrole nitrogens is 1. The first-order valence-electron chi connectivity index (χ1n) is 8.95. The number of rotatable bonds is 3. The third kappa shape index (κ3) is 3.14. The molecule has 1 fully saturated rings. The van der Waals surface area contributed by atoms with Crippen LogP contribution in [0, 0.1) is 0 Å². The Kier molecular flexibility index (Phi) is 4.19. The minimum atomic E-state index is -0.145. The van der Waals surface area contributed by atoms with Crippen LogP contribution in [0.15, 0.2) is 47.3 Å². The number of hydrogen-bond acceptors (Lipinski definition) is 5. The first-order valence-corrected chi connectivity index (χ1v) is 10.1. The van der Waals surface area contributed by atoms with Gasteiger partial charge in [0.25, 0.3) is 5.56 Å². The molecular weight excluding hydrogens is 380 g/mol. The molecule has 4 aromatic rings. The van der Waals surface area contributed by atoms with Crippen LogP contribution >= 0.6 is 22.9 Å². The van der Waals surface area contributed by atoms with E-state index in [1.165, 1.54) is 4.70 Å². The molecule has 1 aliphatic heterocycles. The number of hydrogen-bond donors (Lipinski definition) is 1. The van der Waals surface area contributed by atoms with E-state index in [2.05, 4.69) is 27.0 Å². The average molecular weight is 397 g/mol. The van der Waals surface area contributed by atoms with Crippen molar-refractivity contribution in [3.05, 3.63) is 68.7 Å². The fourth-order valence-corrected chi connectivity index (χ4v) is 5.06. The number of para-hydroxylation sites is 1. The number of likely N-dealkylation sites (tertiary alicyclic amines) is 1. The Morgan fingerprint density at radius 3 is 2.96 bits per heavy atom. The van der Waals surface area contributed by atoms with Gasteiger partial charge in [0, 0.05) is 5.02 Å². The summed E-state index contributed by atoms with van der Waals surface area (Å²) in [6, 6.07) is 13.7. The van der Waals surface area contributed by atoms with Gasteiger partial charge in [0.05, 0.1) is 33.7 Å². The van der Waals surface area contributed by atoms with E-state index in [1.54, 1.807) is 29.5 Å². The molecule has 136 valence electrons. The highest BCUT2D eigenvalue weighted by Crippen LogP contribution is 2.36. The zero-order valence-corrected chi connectivity index (χ0v) is 16.1. The van der Waals surface area contributed by atoms with E-state index >= 15 is 0 Å². The van der Waals surface area contributed by atoms with Gasteiger partial charge in [0.1, 0.15) is 10.8 Å². The Morgan fingerprint density at radius 2 is 2.07 bits per heavy atom. The monoisotopic (exact) mass is 396 g/mol. The fourth-order valence-electron chi connectivity index (χ4n) is 3.75. The maximum absolute atomic E-state index is 12.4. The summed E-state index contributed by atoms with van der Waals surface area (Å²) in [4.78, 5) is 27.2. The second kappa shape index (κ2) is 6.71. The van der Waals surface area contributed by atoms with Gasteiger partial charge >= 0.3 is 0 Å². The van der Waals surface area contributed by atoms with Crippen LogP contribution in [0.5, 0.6) is 0 Å².